The second-order valence-corrected chi connectivity index (χ2v) is 7.77. The quantitative estimate of drug-likeness (QED) is 0.787. The number of aliphatic carboxylic acids is 1. The Morgan fingerprint density at radius 2 is 2.17 bits per heavy atom. The van der Waals surface area contributed by atoms with Gasteiger partial charge in [0.1, 0.15) is 0 Å². The van der Waals surface area contributed by atoms with Crippen LogP contribution in [0.1, 0.15) is 24.4 Å². The van der Waals surface area contributed by atoms with Crippen molar-refractivity contribution in [3.63, 3.8) is 0 Å². The van der Waals surface area contributed by atoms with Gasteiger partial charge in [-0.25, -0.2) is 0 Å². The Morgan fingerprint density at radius 3 is 2.61 bits per heavy atom. The van der Waals surface area contributed by atoms with Gasteiger partial charge in [0, 0.05) is 0 Å². The minimum absolute atomic E-state index is 0.351. The molecule has 0 bridgehead atoms. The summed E-state index contributed by atoms with van der Waals surface area (Å²) in [5, 5.41) is 11.5. The molecule has 0 aliphatic rings. The van der Waals surface area contributed by atoms with Gasteiger partial charge in [-0.1, -0.05) is 0 Å². The van der Waals surface area contributed by atoms with Crippen molar-refractivity contribution in [2.45, 2.75) is 38.8 Å². The number of nitrogens with one attached hydrogen (secondary N) is 1. The standard InChI is InChI=1S/C12H17NO4Te/c1-12(2,3)17-11(16)13-9(10(14)15)7-8-5-4-6-18-8/h4-6,9H,7H2,1-3H3,(H,13,16)(H,14,15). The molecular weight excluding hydrogens is 350 g/mol. The van der Waals surface area contributed by atoms with E-state index >= 15 is 0 Å². The number of hydrogen-bond acceptors (Lipinski definition) is 3. The van der Waals surface area contributed by atoms with Crippen LogP contribution in [0.25, 0.3) is 0 Å². The summed E-state index contributed by atoms with van der Waals surface area (Å²) >= 11 is -0.383. The van der Waals surface area contributed by atoms with Crippen LogP contribution in [0.5, 0.6) is 0 Å². The molecule has 0 saturated carbocycles. The van der Waals surface area contributed by atoms with Gasteiger partial charge in [0.25, 0.3) is 0 Å². The number of amides is 1. The molecule has 1 unspecified atom stereocenters. The van der Waals surface area contributed by atoms with E-state index in [1.807, 2.05) is 12.1 Å². The van der Waals surface area contributed by atoms with E-state index in [1.165, 1.54) is 0 Å². The summed E-state index contributed by atoms with van der Waals surface area (Å²) in [6.07, 6.45) is -0.342. The molecule has 0 saturated heterocycles. The second-order valence-electron chi connectivity index (χ2n) is 4.82. The van der Waals surface area contributed by atoms with E-state index in [1.54, 1.807) is 20.8 Å². The average molecular weight is 367 g/mol. The molecule has 2 N–H and O–H groups in total. The Kier molecular flexibility index (Phi) is 5.24. The summed E-state index contributed by atoms with van der Waals surface area (Å²) in [4.78, 5) is 22.6. The third kappa shape index (κ3) is 5.56. The monoisotopic (exact) mass is 369 g/mol. The van der Waals surface area contributed by atoms with Crippen LogP contribution in [0.2, 0.25) is 0 Å². The van der Waals surface area contributed by atoms with Crippen LogP contribution in [0.4, 0.5) is 4.79 Å². The van der Waals surface area contributed by atoms with Crippen LogP contribution in [0, 0.1) is 0 Å². The van der Waals surface area contributed by atoms with Gasteiger partial charge >= 0.3 is 116 Å². The van der Waals surface area contributed by atoms with Crippen molar-refractivity contribution < 1.29 is 19.4 Å². The second kappa shape index (κ2) is 6.26. The molecule has 1 atom stereocenters. The summed E-state index contributed by atoms with van der Waals surface area (Å²) in [5.74, 6) is -1.04. The van der Waals surface area contributed by atoms with Gasteiger partial charge in [0.15, 0.2) is 0 Å². The van der Waals surface area contributed by atoms with Gasteiger partial charge in [0.05, 0.1) is 0 Å². The fourth-order valence-electron chi connectivity index (χ4n) is 1.28. The number of carbonyl (C=O) groups excluding carboxylic acids is 1. The molecule has 0 spiro atoms. The fraction of sp³-hybridized carbons (Fsp3) is 0.500. The summed E-state index contributed by atoms with van der Waals surface area (Å²) in [6, 6.07) is 2.94. The van der Waals surface area contributed by atoms with Crippen molar-refractivity contribution in [1.29, 1.82) is 0 Å². The van der Waals surface area contributed by atoms with Crippen molar-refractivity contribution in [2.75, 3.05) is 0 Å². The predicted octanol–water partition coefficient (Wildman–Crippen LogP) is 1.26. The number of rotatable bonds is 4. The van der Waals surface area contributed by atoms with Crippen LogP contribution in [0.15, 0.2) is 16.2 Å². The van der Waals surface area contributed by atoms with Crippen LogP contribution in [-0.4, -0.2) is 49.2 Å². The van der Waals surface area contributed by atoms with Crippen molar-refractivity contribution in [2.24, 2.45) is 0 Å². The maximum atomic E-state index is 11.5. The van der Waals surface area contributed by atoms with E-state index in [0.717, 1.165) is 3.58 Å². The number of carbonyl (C=O) groups is 2. The molecular formula is C12H17NO4Te. The zero-order valence-corrected chi connectivity index (χ0v) is 12.9. The van der Waals surface area contributed by atoms with Gasteiger partial charge < -0.3 is 0 Å². The molecule has 1 rings (SSSR count). The number of ether oxygens (including phenoxy) is 1. The Hall–Kier alpha value is -0.990. The van der Waals surface area contributed by atoms with Gasteiger partial charge in [-0.2, -0.15) is 0 Å². The van der Waals surface area contributed by atoms with E-state index in [0.29, 0.717) is 6.42 Å². The first-order valence-electron chi connectivity index (χ1n) is 5.52. The number of hydrogen-bond donors (Lipinski definition) is 2. The Morgan fingerprint density at radius 1 is 1.50 bits per heavy atom. The topological polar surface area (TPSA) is 75.6 Å². The molecule has 1 aromatic rings. The van der Waals surface area contributed by atoms with E-state index in [9.17, 15) is 9.59 Å². The first kappa shape index (κ1) is 15.1. The zero-order chi connectivity index (χ0) is 13.8. The molecule has 100 valence electrons. The Bertz CT molecular complexity index is 408. The van der Waals surface area contributed by atoms with Crippen molar-refractivity contribution in [3.8, 4) is 0 Å². The number of alkyl carbamates (subject to hydrolysis) is 1. The third-order valence-corrected chi connectivity index (χ3v) is 4.54. The molecule has 0 fully saturated rings. The van der Waals surface area contributed by atoms with Gasteiger partial charge in [-0.15, -0.1) is 0 Å². The van der Waals surface area contributed by atoms with Gasteiger partial charge in [-0.3, -0.25) is 0 Å². The van der Waals surface area contributed by atoms with Crippen LogP contribution < -0.4 is 5.32 Å². The Balaban J connectivity index is 2.58. The zero-order valence-electron chi connectivity index (χ0n) is 10.6. The number of carboxylic acids is 1. The molecule has 1 heterocycles. The van der Waals surface area contributed by atoms with Crippen molar-refractivity contribution in [3.05, 3.63) is 19.8 Å². The molecule has 1 amide bonds. The maximum absolute atomic E-state index is 11.5. The third-order valence-electron chi connectivity index (χ3n) is 1.97. The molecule has 18 heavy (non-hydrogen) atoms. The SMILES string of the molecule is CC(C)(C)OC(=O)NC(Cc1ccc[te]1)C(=O)O. The fourth-order valence-corrected chi connectivity index (χ4v) is 3.43. The van der Waals surface area contributed by atoms with E-state index in [2.05, 4.69) is 9.40 Å². The Labute approximate surface area is 116 Å². The molecule has 1 aromatic heterocycles. The van der Waals surface area contributed by atoms with Gasteiger partial charge in [0.2, 0.25) is 0 Å². The predicted molar refractivity (Wildman–Crippen MR) is 67.9 cm³/mol. The minimum atomic E-state index is -1.04. The summed E-state index contributed by atoms with van der Waals surface area (Å²) in [7, 11) is 0. The summed E-state index contributed by atoms with van der Waals surface area (Å²) < 4.78 is 8.24. The van der Waals surface area contributed by atoms with Crippen LogP contribution >= 0.6 is 0 Å². The summed E-state index contributed by atoms with van der Waals surface area (Å²) in [5.41, 5.74) is -0.629. The van der Waals surface area contributed by atoms with E-state index in [-0.39, 0.29) is 20.4 Å². The number of carboxylic acid groups (broad SMARTS) is 1. The van der Waals surface area contributed by atoms with Crippen molar-refractivity contribution in [1.82, 2.24) is 5.32 Å². The molecule has 0 aliphatic heterocycles. The van der Waals surface area contributed by atoms with Crippen LogP contribution in [0.3, 0.4) is 0 Å². The molecule has 0 aromatic carbocycles. The first-order chi connectivity index (χ1) is 8.28. The van der Waals surface area contributed by atoms with E-state index < -0.39 is 23.7 Å². The first-order valence-corrected chi connectivity index (χ1v) is 8.04. The summed E-state index contributed by atoms with van der Waals surface area (Å²) in [6.45, 7) is 5.20. The molecule has 5 nitrogen and oxygen atoms in total. The van der Waals surface area contributed by atoms with Crippen molar-refractivity contribution >= 4 is 32.5 Å². The molecule has 6 heteroatoms. The molecule has 0 radical (unpaired) electrons. The van der Waals surface area contributed by atoms with E-state index in [4.69, 9.17) is 9.84 Å². The molecule has 0 aliphatic carbocycles. The van der Waals surface area contributed by atoms with Gasteiger partial charge in [-0.05, 0) is 0 Å². The average Bonchev–Trinajstić information content (AvgIpc) is 2.66. The normalized spacial score (nSPS) is 12.8. The van der Waals surface area contributed by atoms with Crippen LogP contribution in [-0.2, 0) is 16.0 Å².